The van der Waals surface area contributed by atoms with E-state index in [1.54, 1.807) is 29.4 Å². The lowest BCUT2D eigenvalue weighted by Gasteiger charge is -2.38. The number of amides is 3. The SMILES string of the molecule is O=C(c1cccnc1)N1CCN(C(=O)N2CCCCC2)CC1. The van der Waals surface area contributed by atoms with Crippen LogP contribution in [0.15, 0.2) is 24.5 Å². The smallest absolute Gasteiger partial charge is 0.320 e. The molecule has 3 amide bonds. The van der Waals surface area contributed by atoms with E-state index in [0.717, 1.165) is 25.9 Å². The van der Waals surface area contributed by atoms with E-state index in [9.17, 15) is 9.59 Å². The van der Waals surface area contributed by atoms with Crippen molar-refractivity contribution in [3.8, 4) is 0 Å². The molecular weight excluding hydrogens is 280 g/mol. The second-order valence-electron chi connectivity index (χ2n) is 5.85. The second-order valence-corrected chi connectivity index (χ2v) is 5.85. The Morgan fingerprint density at radius 2 is 1.50 bits per heavy atom. The lowest BCUT2D eigenvalue weighted by atomic mass is 10.1. The molecule has 2 aliphatic rings. The quantitative estimate of drug-likeness (QED) is 0.789. The first-order chi connectivity index (χ1) is 10.8. The van der Waals surface area contributed by atoms with Crippen LogP contribution in [0.25, 0.3) is 0 Å². The van der Waals surface area contributed by atoms with E-state index >= 15 is 0 Å². The Kier molecular flexibility index (Phi) is 4.56. The number of hydrogen-bond donors (Lipinski definition) is 0. The number of hydrogen-bond acceptors (Lipinski definition) is 3. The number of piperidine rings is 1. The molecule has 118 valence electrons. The number of nitrogens with zero attached hydrogens (tertiary/aromatic N) is 4. The summed E-state index contributed by atoms with van der Waals surface area (Å²) in [7, 11) is 0. The van der Waals surface area contributed by atoms with Crippen LogP contribution in [0.1, 0.15) is 29.6 Å². The monoisotopic (exact) mass is 302 g/mol. The van der Waals surface area contributed by atoms with Crippen molar-refractivity contribution in [3.63, 3.8) is 0 Å². The molecule has 2 saturated heterocycles. The van der Waals surface area contributed by atoms with Gasteiger partial charge in [-0.1, -0.05) is 0 Å². The molecular formula is C16H22N4O2. The number of carbonyl (C=O) groups is 2. The first kappa shape index (κ1) is 14.8. The molecule has 3 rings (SSSR count). The van der Waals surface area contributed by atoms with Crippen LogP contribution in [-0.2, 0) is 0 Å². The third-order valence-corrected chi connectivity index (χ3v) is 4.37. The van der Waals surface area contributed by atoms with Gasteiger partial charge >= 0.3 is 6.03 Å². The molecule has 22 heavy (non-hydrogen) atoms. The van der Waals surface area contributed by atoms with Gasteiger partial charge in [0, 0.05) is 51.7 Å². The highest BCUT2D eigenvalue weighted by atomic mass is 16.2. The van der Waals surface area contributed by atoms with Crippen molar-refractivity contribution in [2.75, 3.05) is 39.3 Å². The van der Waals surface area contributed by atoms with Crippen LogP contribution in [0, 0.1) is 0 Å². The van der Waals surface area contributed by atoms with Crippen LogP contribution in [0.2, 0.25) is 0 Å². The summed E-state index contributed by atoms with van der Waals surface area (Å²) < 4.78 is 0. The van der Waals surface area contributed by atoms with Gasteiger partial charge in [0.25, 0.3) is 5.91 Å². The third-order valence-electron chi connectivity index (χ3n) is 4.37. The minimum absolute atomic E-state index is 0.00169. The van der Waals surface area contributed by atoms with Crippen molar-refractivity contribution in [3.05, 3.63) is 30.1 Å². The largest absolute Gasteiger partial charge is 0.335 e. The normalized spacial score (nSPS) is 19.2. The average molecular weight is 302 g/mol. The topological polar surface area (TPSA) is 56.8 Å². The van der Waals surface area contributed by atoms with Gasteiger partial charge in [0.05, 0.1) is 5.56 Å². The molecule has 0 bridgehead atoms. The van der Waals surface area contributed by atoms with Crippen LogP contribution in [0.3, 0.4) is 0 Å². The van der Waals surface area contributed by atoms with Crippen LogP contribution in [-0.4, -0.2) is 70.9 Å². The van der Waals surface area contributed by atoms with Crippen molar-refractivity contribution in [1.29, 1.82) is 0 Å². The zero-order chi connectivity index (χ0) is 15.4. The van der Waals surface area contributed by atoms with E-state index in [2.05, 4.69) is 4.98 Å². The fourth-order valence-electron chi connectivity index (χ4n) is 3.06. The molecule has 1 aromatic heterocycles. The summed E-state index contributed by atoms with van der Waals surface area (Å²) in [4.78, 5) is 34.4. The molecule has 3 heterocycles. The Morgan fingerprint density at radius 1 is 0.864 bits per heavy atom. The van der Waals surface area contributed by atoms with Gasteiger partial charge in [-0.25, -0.2) is 4.79 Å². The van der Waals surface area contributed by atoms with E-state index in [1.807, 2.05) is 9.80 Å². The standard InChI is InChI=1S/C16H22N4O2/c21-15(14-5-4-6-17-13-14)18-9-11-20(12-10-18)16(22)19-7-2-1-3-8-19/h4-6,13H,1-3,7-12H2. The molecule has 0 atom stereocenters. The van der Waals surface area contributed by atoms with E-state index in [-0.39, 0.29) is 11.9 Å². The van der Waals surface area contributed by atoms with Gasteiger partial charge in [-0.15, -0.1) is 0 Å². The number of carbonyl (C=O) groups excluding carboxylic acids is 2. The maximum Gasteiger partial charge on any atom is 0.320 e. The molecule has 0 radical (unpaired) electrons. The summed E-state index contributed by atoms with van der Waals surface area (Å²) in [6, 6.07) is 3.68. The van der Waals surface area contributed by atoms with E-state index in [4.69, 9.17) is 0 Å². The van der Waals surface area contributed by atoms with Crippen molar-refractivity contribution in [2.45, 2.75) is 19.3 Å². The Morgan fingerprint density at radius 3 is 2.14 bits per heavy atom. The number of rotatable bonds is 1. The van der Waals surface area contributed by atoms with Crippen molar-refractivity contribution >= 4 is 11.9 Å². The summed E-state index contributed by atoms with van der Waals surface area (Å²) in [5.74, 6) is -0.00169. The lowest BCUT2D eigenvalue weighted by molar-refractivity contribution is 0.0632. The summed E-state index contributed by atoms with van der Waals surface area (Å²) in [5, 5.41) is 0. The number of pyridine rings is 1. The fraction of sp³-hybridized carbons (Fsp3) is 0.562. The second kappa shape index (κ2) is 6.77. The predicted octanol–water partition coefficient (Wildman–Crippen LogP) is 1.45. The van der Waals surface area contributed by atoms with E-state index in [1.165, 1.54) is 6.42 Å². The summed E-state index contributed by atoms with van der Waals surface area (Å²) in [6.07, 6.45) is 6.67. The Labute approximate surface area is 130 Å². The van der Waals surface area contributed by atoms with E-state index in [0.29, 0.717) is 31.7 Å². The van der Waals surface area contributed by atoms with Gasteiger partial charge in [0.2, 0.25) is 0 Å². The summed E-state index contributed by atoms with van der Waals surface area (Å²) in [5.41, 5.74) is 0.610. The van der Waals surface area contributed by atoms with Gasteiger partial charge in [-0.2, -0.15) is 0 Å². The maximum atomic E-state index is 12.4. The molecule has 6 nitrogen and oxygen atoms in total. The Balaban J connectivity index is 1.54. The van der Waals surface area contributed by atoms with Crippen LogP contribution in [0.5, 0.6) is 0 Å². The van der Waals surface area contributed by atoms with Crippen LogP contribution < -0.4 is 0 Å². The van der Waals surface area contributed by atoms with Crippen LogP contribution >= 0.6 is 0 Å². The first-order valence-corrected chi connectivity index (χ1v) is 7.99. The highest BCUT2D eigenvalue weighted by Crippen LogP contribution is 2.14. The predicted molar refractivity (Wildman–Crippen MR) is 82.5 cm³/mol. The summed E-state index contributed by atoms with van der Waals surface area (Å²) >= 11 is 0. The zero-order valence-corrected chi connectivity index (χ0v) is 12.8. The molecule has 2 aliphatic heterocycles. The van der Waals surface area contributed by atoms with Crippen molar-refractivity contribution in [2.24, 2.45) is 0 Å². The van der Waals surface area contributed by atoms with Gasteiger partial charge < -0.3 is 14.7 Å². The molecule has 0 saturated carbocycles. The van der Waals surface area contributed by atoms with Gasteiger partial charge in [0.15, 0.2) is 0 Å². The maximum absolute atomic E-state index is 12.4. The first-order valence-electron chi connectivity index (χ1n) is 7.99. The number of urea groups is 1. The van der Waals surface area contributed by atoms with Gasteiger partial charge in [0.1, 0.15) is 0 Å². The van der Waals surface area contributed by atoms with Gasteiger partial charge in [-0.3, -0.25) is 9.78 Å². The number of aromatic nitrogens is 1. The fourth-order valence-corrected chi connectivity index (χ4v) is 3.06. The molecule has 0 aliphatic carbocycles. The molecule has 0 aromatic carbocycles. The average Bonchev–Trinajstić information content (AvgIpc) is 2.62. The minimum atomic E-state index is -0.00169. The third kappa shape index (κ3) is 3.21. The van der Waals surface area contributed by atoms with Gasteiger partial charge in [-0.05, 0) is 31.4 Å². The minimum Gasteiger partial charge on any atom is -0.335 e. The van der Waals surface area contributed by atoms with Crippen LogP contribution in [0.4, 0.5) is 4.79 Å². The van der Waals surface area contributed by atoms with E-state index < -0.39 is 0 Å². The molecule has 6 heteroatoms. The molecule has 0 spiro atoms. The highest BCUT2D eigenvalue weighted by Gasteiger charge is 2.28. The summed E-state index contributed by atoms with van der Waals surface area (Å²) in [6.45, 7) is 4.14. The molecule has 0 N–H and O–H groups in total. The Bertz CT molecular complexity index is 520. The lowest BCUT2D eigenvalue weighted by Crippen LogP contribution is -2.54. The number of piperazine rings is 1. The highest BCUT2D eigenvalue weighted by molar-refractivity contribution is 5.94. The molecule has 2 fully saturated rings. The molecule has 1 aromatic rings. The van der Waals surface area contributed by atoms with Crippen molar-refractivity contribution < 1.29 is 9.59 Å². The number of likely N-dealkylation sites (tertiary alicyclic amines) is 1. The molecule has 0 unspecified atom stereocenters. The van der Waals surface area contributed by atoms with Crippen molar-refractivity contribution in [1.82, 2.24) is 19.7 Å². The Hall–Kier alpha value is -2.11. The zero-order valence-electron chi connectivity index (χ0n) is 12.8.